The highest BCUT2D eigenvalue weighted by atomic mass is 16.3. The molecular formula is C17H17NO2. The smallest absolute Gasteiger partial charge is 0.227 e. The van der Waals surface area contributed by atoms with Gasteiger partial charge in [-0.05, 0) is 48.7 Å². The minimum absolute atomic E-state index is 0.244. The van der Waals surface area contributed by atoms with E-state index in [2.05, 4.69) is 18.0 Å². The van der Waals surface area contributed by atoms with Crippen LogP contribution in [-0.2, 0) is 6.42 Å². The van der Waals surface area contributed by atoms with Crippen molar-refractivity contribution < 1.29 is 9.52 Å². The molecule has 0 aliphatic rings. The van der Waals surface area contributed by atoms with Crippen LogP contribution in [0.5, 0.6) is 5.75 Å². The molecule has 0 radical (unpaired) electrons. The second-order valence-corrected chi connectivity index (χ2v) is 4.93. The Morgan fingerprint density at radius 3 is 2.65 bits per heavy atom. The van der Waals surface area contributed by atoms with Crippen LogP contribution in [0.1, 0.15) is 25.3 Å². The Labute approximate surface area is 117 Å². The van der Waals surface area contributed by atoms with Gasteiger partial charge in [0.2, 0.25) is 5.89 Å². The van der Waals surface area contributed by atoms with Crippen LogP contribution in [0.3, 0.4) is 0 Å². The Hall–Kier alpha value is -2.29. The predicted octanol–water partition coefficient (Wildman–Crippen LogP) is 4.54. The van der Waals surface area contributed by atoms with E-state index in [1.54, 1.807) is 12.1 Å². The molecule has 0 aliphatic heterocycles. The number of phenolic OH excluding ortho intramolecular Hbond substituents is 1. The highest BCUT2D eigenvalue weighted by Crippen LogP contribution is 2.28. The number of oxazole rings is 1. The number of aromatic hydroxyl groups is 1. The van der Waals surface area contributed by atoms with E-state index in [-0.39, 0.29) is 5.75 Å². The van der Waals surface area contributed by atoms with Crippen LogP contribution in [0.15, 0.2) is 46.9 Å². The first kappa shape index (κ1) is 12.7. The van der Waals surface area contributed by atoms with Crippen molar-refractivity contribution in [3.63, 3.8) is 0 Å². The van der Waals surface area contributed by atoms with Crippen LogP contribution < -0.4 is 0 Å². The number of nitrogens with zero attached hydrogens (tertiary/aromatic N) is 1. The molecule has 102 valence electrons. The largest absolute Gasteiger partial charge is 0.508 e. The van der Waals surface area contributed by atoms with Crippen LogP contribution in [0.4, 0.5) is 0 Å². The molecule has 0 spiro atoms. The van der Waals surface area contributed by atoms with Gasteiger partial charge in [0.05, 0.1) is 0 Å². The lowest BCUT2D eigenvalue weighted by Gasteiger charge is -1.99. The molecule has 0 atom stereocenters. The van der Waals surface area contributed by atoms with E-state index < -0.39 is 0 Å². The van der Waals surface area contributed by atoms with Gasteiger partial charge in [-0.15, -0.1) is 0 Å². The summed E-state index contributed by atoms with van der Waals surface area (Å²) in [4.78, 5) is 4.53. The molecule has 0 bridgehead atoms. The van der Waals surface area contributed by atoms with Crippen molar-refractivity contribution in [1.82, 2.24) is 4.98 Å². The summed E-state index contributed by atoms with van der Waals surface area (Å²) in [5.41, 5.74) is 3.85. The minimum atomic E-state index is 0.244. The zero-order valence-electron chi connectivity index (χ0n) is 11.5. The SMILES string of the molecule is CCCCc1cccc2nc(-c3ccc(O)cc3)oc12. The van der Waals surface area contributed by atoms with Crippen molar-refractivity contribution in [2.45, 2.75) is 26.2 Å². The number of aromatic nitrogens is 1. The van der Waals surface area contributed by atoms with Crippen LogP contribution >= 0.6 is 0 Å². The van der Waals surface area contributed by atoms with E-state index in [4.69, 9.17) is 4.42 Å². The van der Waals surface area contributed by atoms with Gasteiger partial charge in [0.25, 0.3) is 0 Å². The molecule has 1 N–H and O–H groups in total. The monoisotopic (exact) mass is 267 g/mol. The molecule has 2 aromatic carbocycles. The number of hydrogen-bond acceptors (Lipinski definition) is 3. The topological polar surface area (TPSA) is 46.3 Å². The van der Waals surface area contributed by atoms with E-state index >= 15 is 0 Å². The van der Waals surface area contributed by atoms with E-state index in [9.17, 15) is 5.11 Å². The molecule has 3 rings (SSSR count). The third kappa shape index (κ3) is 2.39. The average Bonchev–Trinajstić information content (AvgIpc) is 2.90. The standard InChI is InChI=1S/C17H17NO2/c1-2-3-5-12-6-4-7-15-16(12)20-17(18-15)13-8-10-14(19)11-9-13/h4,6-11,19H,2-3,5H2,1H3. The number of aryl methyl sites for hydroxylation is 1. The van der Waals surface area contributed by atoms with Crippen molar-refractivity contribution in [1.29, 1.82) is 0 Å². The van der Waals surface area contributed by atoms with E-state index in [0.29, 0.717) is 5.89 Å². The Morgan fingerprint density at radius 2 is 1.90 bits per heavy atom. The van der Waals surface area contributed by atoms with Gasteiger partial charge in [-0.25, -0.2) is 4.98 Å². The third-order valence-corrected chi connectivity index (χ3v) is 3.41. The van der Waals surface area contributed by atoms with Gasteiger partial charge < -0.3 is 9.52 Å². The maximum Gasteiger partial charge on any atom is 0.227 e. The number of benzene rings is 2. The van der Waals surface area contributed by atoms with Crippen LogP contribution in [0, 0.1) is 0 Å². The summed E-state index contributed by atoms with van der Waals surface area (Å²) in [5, 5.41) is 9.33. The van der Waals surface area contributed by atoms with Gasteiger partial charge in [0, 0.05) is 5.56 Å². The average molecular weight is 267 g/mol. The summed E-state index contributed by atoms with van der Waals surface area (Å²) in [6.45, 7) is 2.18. The first-order chi connectivity index (χ1) is 9.78. The fraction of sp³-hybridized carbons (Fsp3) is 0.235. The number of phenols is 1. The molecule has 0 aliphatic carbocycles. The van der Waals surface area contributed by atoms with Crippen molar-refractivity contribution in [2.24, 2.45) is 0 Å². The van der Waals surface area contributed by atoms with E-state index in [0.717, 1.165) is 35.9 Å². The van der Waals surface area contributed by atoms with Crippen molar-refractivity contribution in [2.75, 3.05) is 0 Å². The second kappa shape index (κ2) is 5.37. The summed E-state index contributed by atoms with van der Waals surface area (Å²) in [6.07, 6.45) is 3.32. The molecule has 3 nitrogen and oxygen atoms in total. The van der Waals surface area contributed by atoms with Gasteiger partial charge in [-0.2, -0.15) is 0 Å². The highest BCUT2D eigenvalue weighted by Gasteiger charge is 2.11. The number of fused-ring (bicyclic) bond motifs is 1. The van der Waals surface area contributed by atoms with Gasteiger partial charge in [-0.1, -0.05) is 25.5 Å². The number of hydrogen-bond donors (Lipinski definition) is 1. The molecule has 20 heavy (non-hydrogen) atoms. The minimum Gasteiger partial charge on any atom is -0.508 e. The molecule has 1 heterocycles. The highest BCUT2D eigenvalue weighted by molar-refractivity contribution is 5.79. The second-order valence-electron chi connectivity index (χ2n) is 4.93. The van der Waals surface area contributed by atoms with Gasteiger partial charge in [0.1, 0.15) is 11.3 Å². The molecule has 0 unspecified atom stereocenters. The molecule has 3 aromatic rings. The first-order valence-electron chi connectivity index (χ1n) is 6.96. The normalized spacial score (nSPS) is 11.1. The molecule has 3 heteroatoms. The number of para-hydroxylation sites is 1. The fourth-order valence-corrected chi connectivity index (χ4v) is 2.30. The molecular weight excluding hydrogens is 250 g/mol. The number of unbranched alkanes of at least 4 members (excludes halogenated alkanes) is 1. The summed E-state index contributed by atoms with van der Waals surface area (Å²) >= 11 is 0. The van der Waals surface area contributed by atoms with Crippen molar-refractivity contribution in [3.8, 4) is 17.2 Å². The van der Waals surface area contributed by atoms with Crippen molar-refractivity contribution >= 4 is 11.1 Å². The molecule has 0 saturated carbocycles. The summed E-state index contributed by atoms with van der Waals surface area (Å²) in [6, 6.07) is 13.0. The molecule has 0 fully saturated rings. The van der Waals surface area contributed by atoms with Crippen LogP contribution in [0.2, 0.25) is 0 Å². The summed E-state index contributed by atoms with van der Waals surface area (Å²) in [7, 11) is 0. The Morgan fingerprint density at radius 1 is 1.10 bits per heavy atom. The first-order valence-corrected chi connectivity index (χ1v) is 6.96. The molecule has 0 amide bonds. The van der Waals surface area contributed by atoms with Crippen molar-refractivity contribution in [3.05, 3.63) is 48.0 Å². The summed E-state index contributed by atoms with van der Waals surface area (Å²) in [5.74, 6) is 0.845. The van der Waals surface area contributed by atoms with E-state index in [1.807, 2.05) is 24.3 Å². The van der Waals surface area contributed by atoms with Crippen LogP contribution in [-0.4, -0.2) is 10.1 Å². The maximum atomic E-state index is 9.33. The van der Waals surface area contributed by atoms with Gasteiger partial charge >= 0.3 is 0 Å². The van der Waals surface area contributed by atoms with E-state index in [1.165, 1.54) is 5.56 Å². The lowest BCUT2D eigenvalue weighted by atomic mass is 10.1. The third-order valence-electron chi connectivity index (χ3n) is 3.41. The lowest BCUT2D eigenvalue weighted by Crippen LogP contribution is -1.84. The van der Waals surface area contributed by atoms with Gasteiger partial charge in [0.15, 0.2) is 5.58 Å². The Bertz CT molecular complexity index is 713. The zero-order valence-corrected chi connectivity index (χ0v) is 11.5. The Balaban J connectivity index is 2.03. The lowest BCUT2D eigenvalue weighted by molar-refractivity contribution is 0.475. The Kier molecular flexibility index (Phi) is 3.42. The number of rotatable bonds is 4. The maximum absolute atomic E-state index is 9.33. The van der Waals surface area contributed by atoms with Gasteiger partial charge in [-0.3, -0.25) is 0 Å². The summed E-state index contributed by atoms with van der Waals surface area (Å²) < 4.78 is 5.93. The predicted molar refractivity (Wildman–Crippen MR) is 79.7 cm³/mol. The molecule has 1 aromatic heterocycles. The van der Waals surface area contributed by atoms with Crippen LogP contribution in [0.25, 0.3) is 22.6 Å². The quantitative estimate of drug-likeness (QED) is 0.754. The zero-order chi connectivity index (χ0) is 13.9. The fourth-order valence-electron chi connectivity index (χ4n) is 2.30. The molecule has 0 saturated heterocycles.